The zero-order valence-corrected chi connectivity index (χ0v) is 6.38. The smallest absolute Gasteiger partial charge is 0.0754 e. The van der Waals surface area contributed by atoms with E-state index >= 15 is 0 Å². The maximum Gasteiger partial charge on any atom is 0.0754 e. The standard InChI is InChI=1S/C9H14O/c1-6-2-3-7-4-8(6)5-9(7)10/h5-7,9-10H,2-4H2,1H3/t6-,7?,9?/m0/s1. The fourth-order valence-electron chi connectivity index (χ4n) is 2.13. The molecule has 0 aromatic carbocycles. The lowest BCUT2D eigenvalue weighted by Crippen LogP contribution is -2.16. The minimum absolute atomic E-state index is 0.111. The molecule has 2 rings (SSSR count). The number of aliphatic hydroxyl groups is 1. The first-order valence-electron chi connectivity index (χ1n) is 4.16. The van der Waals surface area contributed by atoms with Gasteiger partial charge in [0.1, 0.15) is 0 Å². The van der Waals surface area contributed by atoms with Crippen molar-refractivity contribution in [1.82, 2.24) is 0 Å². The van der Waals surface area contributed by atoms with Crippen LogP contribution in [0.2, 0.25) is 0 Å². The zero-order chi connectivity index (χ0) is 7.14. The highest BCUT2D eigenvalue weighted by molar-refractivity contribution is 5.19. The van der Waals surface area contributed by atoms with Gasteiger partial charge in [0.15, 0.2) is 0 Å². The minimum atomic E-state index is -0.111. The van der Waals surface area contributed by atoms with E-state index in [1.165, 1.54) is 24.8 Å². The topological polar surface area (TPSA) is 20.2 Å². The Labute approximate surface area is 61.8 Å². The second-order valence-corrected chi connectivity index (χ2v) is 3.67. The highest BCUT2D eigenvalue weighted by atomic mass is 16.3. The first-order chi connectivity index (χ1) is 4.77. The largest absolute Gasteiger partial charge is 0.389 e. The van der Waals surface area contributed by atoms with Crippen LogP contribution in [0.15, 0.2) is 11.6 Å². The molecule has 10 heavy (non-hydrogen) atoms. The molecule has 0 radical (unpaired) electrons. The third-order valence-corrected chi connectivity index (χ3v) is 2.97. The molecule has 0 heterocycles. The van der Waals surface area contributed by atoms with Crippen LogP contribution in [0.4, 0.5) is 0 Å². The van der Waals surface area contributed by atoms with Gasteiger partial charge in [-0.15, -0.1) is 0 Å². The molecule has 1 N–H and O–H groups in total. The van der Waals surface area contributed by atoms with E-state index in [1.807, 2.05) is 0 Å². The molecule has 2 unspecified atom stereocenters. The molecular weight excluding hydrogens is 124 g/mol. The van der Waals surface area contributed by atoms with E-state index in [-0.39, 0.29) is 6.10 Å². The highest BCUT2D eigenvalue weighted by Crippen LogP contribution is 2.40. The molecule has 0 aromatic rings. The van der Waals surface area contributed by atoms with Crippen LogP contribution in [-0.2, 0) is 0 Å². The number of rotatable bonds is 0. The van der Waals surface area contributed by atoms with Crippen molar-refractivity contribution >= 4 is 0 Å². The van der Waals surface area contributed by atoms with Gasteiger partial charge >= 0.3 is 0 Å². The lowest BCUT2D eigenvalue weighted by molar-refractivity contribution is 0.151. The second-order valence-electron chi connectivity index (χ2n) is 3.67. The van der Waals surface area contributed by atoms with E-state index in [9.17, 15) is 5.11 Å². The van der Waals surface area contributed by atoms with E-state index in [4.69, 9.17) is 0 Å². The van der Waals surface area contributed by atoms with Gasteiger partial charge in [0.05, 0.1) is 6.10 Å². The van der Waals surface area contributed by atoms with Crippen molar-refractivity contribution in [2.45, 2.75) is 32.3 Å². The predicted octanol–water partition coefficient (Wildman–Crippen LogP) is 1.72. The molecule has 2 bridgehead atoms. The Balaban J connectivity index is 2.21. The molecule has 1 heteroatoms. The molecule has 0 aliphatic heterocycles. The third kappa shape index (κ3) is 0.807. The fraction of sp³-hybridized carbons (Fsp3) is 0.778. The molecule has 0 spiro atoms. The number of hydrogen-bond acceptors (Lipinski definition) is 1. The number of aliphatic hydroxyl groups excluding tert-OH is 1. The molecular formula is C9H14O. The van der Waals surface area contributed by atoms with Gasteiger partial charge in [-0.3, -0.25) is 0 Å². The molecule has 56 valence electrons. The molecule has 1 nitrogen and oxygen atoms in total. The average molecular weight is 138 g/mol. The number of hydrogen-bond donors (Lipinski definition) is 1. The summed E-state index contributed by atoms with van der Waals surface area (Å²) in [4.78, 5) is 0. The summed E-state index contributed by atoms with van der Waals surface area (Å²) in [6.45, 7) is 2.26. The number of allylic oxidation sites excluding steroid dienone is 1. The molecule has 1 fully saturated rings. The van der Waals surface area contributed by atoms with Crippen LogP contribution in [0.25, 0.3) is 0 Å². The molecule has 1 saturated carbocycles. The highest BCUT2D eigenvalue weighted by Gasteiger charge is 2.32. The first-order valence-corrected chi connectivity index (χ1v) is 4.16. The van der Waals surface area contributed by atoms with Crippen LogP contribution in [0.5, 0.6) is 0 Å². The Kier molecular flexibility index (Phi) is 1.34. The van der Waals surface area contributed by atoms with Crippen molar-refractivity contribution < 1.29 is 5.11 Å². The monoisotopic (exact) mass is 138 g/mol. The number of fused-ring (bicyclic) bond motifs is 2. The molecule has 0 amide bonds. The maximum atomic E-state index is 9.44. The molecule has 2 aliphatic rings. The molecule has 0 aromatic heterocycles. The summed E-state index contributed by atoms with van der Waals surface area (Å²) >= 11 is 0. The Hall–Kier alpha value is -0.300. The van der Waals surface area contributed by atoms with Crippen molar-refractivity contribution in [3.63, 3.8) is 0 Å². The molecule has 0 saturated heterocycles. The van der Waals surface area contributed by atoms with Gasteiger partial charge in [-0.2, -0.15) is 0 Å². The van der Waals surface area contributed by atoms with Gasteiger partial charge in [0, 0.05) is 0 Å². The van der Waals surface area contributed by atoms with Crippen LogP contribution >= 0.6 is 0 Å². The van der Waals surface area contributed by atoms with Gasteiger partial charge in [0.25, 0.3) is 0 Å². The SMILES string of the molecule is C[C@H]1CCC2CC1=CC2O. The first kappa shape index (κ1) is 6.41. The summed E-state index contributed by atoms with van der Waals surface area (Å²) in [5, 5.41) is 9.44. The van der Waals surface area contributed by atoms with E-state index in [2.05, 4.69) is 13.0 Å². The Morgan fingerprint density at radius 1 is 1.50 bits per heavy atom. The lowest BCUT2D eigenvalue weighted by atomic mass is 9.83. The predicted molar refractivity (Wildman–Crippen MR) is 40.6 cm³/mol. The summed E-state index contributed by atoms with van der Waals surface area (Å²) in [6.07, 6.45) is 5.64. The summed E-state index contributed by atoms with van der Waals surface area (Å²) in [6, 6.07) is 0. The van der Waals surface area contributed by atoms with E-state index < -0.39 is 0 Å². The summed E-state index contributed by atoms with van der Waals surface area (Å²) < 4.78 is 0. The minimum Gasteiger partial charge on any atom is -0.389 e. The third-order valence-electron chi connectivity index (χ3n) is 2.97. The average Bonchev–Trinajstić information content (AvgIpc) is 2.21. The molecule has 2 aliphatic carbocycles. The van der Waals surface area contributed by atoms with Crippen LogP contribution in [-0.4, -0.2) is 11.2 Å². The fourth-order valence-corrected chi connectivity index (χ4v) is 2.13. The van der Waals surface area contributed by atoms with E-state index in [0.717, 1.165) is 5.92 Å². The molecule has 3 atom stereocenters. The van der Waals surface area contributed by atoms with Gasteiger partial charge in [0.2, 0.25) is 0 Å². The van der Waals surface area contributed by atoms with Crippen molar-refractivity contribution in [1.29, 1.82) is 0 Å². The lowest BCUT2D eigenvalue weighted by Gasteiger charge is -2.23. The summed E-state index contributed by atoms with van der Waals surface area (Å²) in [5.74, 6) is 1.32. The van der Waals surface area contributed by atoms with Crippen molar-refractivity contribution in [3.8, 4) is 0 Å². The second kappa shape index (κ2) is 2.09. The van der Waals surface area contributed by atoms with Gasteiger partial charge in [-0.05, 0) is 31.1 Å². The van der Waals surface area contributed by atoms with Crippen molar-refractivity contribution in [2.75, 3.05) is 0 Å². The van der Waals surface area contributed by atoms with Crippen LogP contribution in [0, 0.1) is 11.8 Å². The van der Waals surface area contributed by atoms with Crippen LogP contribution in [0.1, 0.15) is 26.2 Å². The quantitative estimate of drug-likeness (QED) is 0.505. The van der Waals surface area contributed by atoms with Crippen molar-refractivity contribution in [3.05, 3.63) is 11.6 Å². The summed E-state index contributed by atoms with van der Waals surface area (Å²) in [7, 11) is 0. The van der Waals surface area contributed by atoms with Gasteiger partial charge in [-0.1, -0.05) is 18.6 Å². The summed E-state index contributed by atoms with van der Waals surface area (Å²) in [5.41, 5.74) is 1.50. The van der Waals surface area contributed by atoms with E-state index in [0.29, 0.717) is 5.92 Å². The van der Waals surface area contributed by atoms with Crippen LogP contribution in [0.3, 0.4) is 0 Å². The zero-order valence-electron chi connectivity index (χ0n) is 6.38. The van der Waals surface area contributed by atoms with Crippen molar-refractivity contribution in [2.24, 2.45) is 11.8 Å². The van der Waals surface area contributed by atoms with Gasteiger partial charge < -0.3 is 5.11 Å². The van der Waals surface area contributed by atoms with Gasteiger partial charge in [-0.25, -0.2) is 0 Å². The normalized spacial score (nSPS) is 45.4. The Bertz CT molecular complexity index is 172. The Morgan fingerprint density at radius 2 is 2.30 bits per heavy atom. The van der Waals surface area contributed by atoms with E-state index in [1.54, 1.807) is 0 Å². The Morgan fingerprint density at radius 3 is 3.00 bits per heavy atom. The maximum absolute atomic E-state index is 9.44. The van der Waals surface area contributed by atoms with Crippen LogP contribution < -0.4 is 0 Å².